The van der Waals surface area contributed by atoms with E-state index in [9.17, 15) is 4.79 Å². The van der Waals surface area contributed by atoms with Crippen molar-refractivity contribution in [3.63, 3.8) is 0 Å². The molecule has 31 heavy (non-hydrogen) atoms. The second-order valence-corrected chi connectivity index (χ2v) is 8.38. The van der Waals surface area contributed by atoms with Crippen LogP contribution in [-0.2, 0) is 24.4 Å². The predicted octanol–water partition coefficient (Wildman–Crippen LogP) is 1.57. The van der Waals surface area contributed by atoms with Gasteiger partial charge >= 0.3 is 0 Å². The average molecular weight is 423 g/mol. The van der Waals surface area contributed by atoms with E-state index in [4.69, 9.17) is 9.47 Å². The number of piperazine rings is 1. The van der Waals surface area contributed by atoms with Gasteiger partial charge in [0.15, 0.2) is 0 Å². The quantitative estimate of drug-likeness (QED) is 0.737. The van der Waals surface area contributed by atoms with Gasteiger partial charge in [0, 0.05) is 50.4 Å². The Morgan fingerprint density at radius 3 is 2.61 bits per heavy atom. The Balaban J connectivity index is 1.21. The zero-order chi connectivity index (χ0) is 21.0. The molecule has 0 aromatic heterocycles. The first-order chi connectivity index (χ1) is 15.3. The van der Waals surface area contributed by atoms with Gasteiger partial charge in [-0.15, -0.1) is 0 Å². The van der Waals surface area contributed by atoms with Crippen LogP contribution in [0.1, 0.15) is 27.0 Å². The number of amides is 1. The SMILES string of the molecule is O=C1c2cccc(OCc3ccc(CN4CCOCC4)cc3)c2CN1[C@@H]1CNCCN1. The van der Waals surface area contributed by atoms with Gasteiger partial charge in [0.1, 0.15) is 12.4 Å². The molecule has 2 fully saturated rings. The van der Waals surface area contributed by atoms with E-state index in [0.717, 1.165) is 74.9 Å². The molecule has 0 spiro atoms. The molecule has 3 aliphatic rings. The first kappa shape index (κ1) is 20.5. The Labute approximate surface area is 183 Å². The Bertz CT molecular complexity index is 906. The summed E-state index contributed by atoms with van der Waals surface area (Å²) in [5.41, 5.74) is 4.18. The molecule has 7 heteroatoms. The number of benzene rings is 2. The predicted molar refractivity (Wildman–Crippen MR) is 118 cm³/mol. The fourth-order valence-corrected chi connectivity index (χ4v) is 4.49. The first-order valence-electron chi connectivity index (χ1n) is 11.2. The molecule has 3 heterocycles. The Kier molecular flexibility index (Phi) is 6.18. The standard InChI is InChI=1S/C24H30N4O3/c29-24-20-2-1-3-22(21(20)16-28(24)23-14-25-8-9-26-23)31-17-19-6-4-18(5-7-19)15-27-10-12-30-13-11-27/h1-7,23,25-26H,8-17H2/t23-/m1/s1. The lowest BCUT2D eigenvalue weighted by Gasteiger charge is -2.32. The van der Waals surface area contributed by atoms with E-state index in [1.54, 1.807) is 0 Å². The first-order valence-corrected chi connectivity index (χ1v) is 11.2. The molecular formula is C24H30N4O3. The minimum Gasteiger partial charge on any atom is -0.489 e. The van der Waals surface area contributed by atoms with E-state index in [0.29, 0.717) is 13.2 Å². The normalized spacial score (nSPS) is 21.9. The summed E-state index contributed by atoms with van der Waals surface area (Å²) in [5.74, 6) is 0.878. The van der Waals surface area contributed by atoms with Gasteiger partial charge in [-0.25, -0.2) is 0 Å². The summed E-state index contributed by atoms with van der Waals surface area (Å²) in [6, 6.07) is 14.4. The van der Waals surface area contributed by atoms with Crippen LogP contribution in [0.3, 0.4) is 0 Å². The number of ether oxygens (including phenoxy) is 2. The van der Waals surface area contributed by atoms with Gasteiger partial charge < -0.3 is 19.7 Å². The molecule has 0 unspecified atom stereocenters. The molecule has 0 saturated carbocycles. The molecule has 1 atom stereocenters. The molecule has 0 aliphatic carbocycles. The smallest absolute Gasteiger partial charge is 0.255 e. The van der Waals surface area contributed by atoms with Gasteiger partial charge in [0.2, 0.25) is 0 Å². The van der Waals surface area contributed by atoms with Crippen LogP contribution in [0.4, 0.5) is 0 Å². The van der Waals surface area contributed by atoms with Crippen LogP contribution in [0, 0.1) is 0 Å². The fraction of sp³-hybridized carbons (Fsp3) is 0.458. The number of hydrogen-bond acceptors (Lipinski definition) is 6. The van der Waals surface area contributed by atoms with Crippen molar-refractivity contribution < 1.29 is 14.3 Å². The molecular weight excluding hydrogens is 392 g/mol. The van der Waals surface area contributed by atoms with Gasteiger partial charge in [0.05, 0.1) is 25.9 Å². The van der Waals surface area contributed by atoms with Gasteiger partial charge in [0.25, 0.3) is 5.91 Å². The van der Waals surface area contributed by atoms with E-state index >= 15 is 0 Å². The average Bonchev–Trinajstić information content (AvgIpc) is 3.17. The van der Waals surface area contributed by atoms with Crippen molar-refractivity contribution in [2.24, 2.45) is 0 Å². The summed E-state index contributed by atoms with van der Waals surface area (Å²) in [5, 5.41) is 6.78. The molecule has 5 rings (SSSR count). The lowest BCUT2D eigenvalue weighted by molar-refractivity contribution is 0.0342. The highest BCUT2D eigenvalue weighted by Gasteiger charge is 2.35. The molecule has 0 bridgehead atoms. The van der Waals surface area contributed by atoms with E-state index in [1.807, 2.05) is 23.1 Å². The van der Waals surface area contributed by atoms with E-state index in [-0.39, 0.29) is 12.1 Å². The third-order valence-electron chi connectivity index (χ3n) is 6.28. The van der Waals surface area contributed by atoms with Crippen molar-refractivity contribution in [1.82, 2.24) is 20.4 Å². The number of fused-ring (bicyclic) bond motifs is 1. The maximum absolute atomic E-state index is 12.9. The zero-order valence-corrected chi connectivity index (χ0v) is 17.8. The maximum atomic E-state index is 12.9. The van der Waals surface area contributed by atoms with Crippen molar-refractivity contribution in [2.45, 2.75) is 25.9 Å². The van der Waals surface area contributed by atoms with Crippen LogP contribution < -0.4 is 15.4 Å². The molecule has 3 aliphatic heterocycles. The van der Waals surface area contributed by atoms with Crippen molar-refractivity contribution >= 4 is 5.91 Å². The second-order valence-electron chi connectivity index (χ2n) is 8.38. The number of rotatable bonds is 6. The second kappa shape index (κ2) is 9.36. The molecule has 2 aromatic rings. The highest BCUT2D eigenvalue weighted by Crippen LogP contribution is 2.32. The van der Waals surface area contributed by atoms with Gasteiger partial charge in [-0.3, -0.25) is 15.0 Å². The highest BCUT2D eigenvalue weighted by atomic mass is 16.5. The Hall–Kier alpha value is -2.45. The van der Waals surface area contributed by atoms with Crippen molar-refractivity contribution in [1.29, 1.82) is 0 Å². The lowest BCUT2D eigenvalue weighted by atomic mass is 10.1. The summed E-state index contributed by atoms with van der Waals surface area (Å²) in [6.07, 6.45) is 0.0283. The van der Waals surface area contributed by atoms with Crippen LogP contribution in [0.25, 0.3) is 0 Å². The van der Waals surface area contributed by atoms with Gasteiger partial charge in [-0.2, -0.15) is 0 Å². The molecule has 1 amide bonds. The number of nitrogens with zero attached hydrogens (tertiary/aromatic N) is 2. The summed E-state index contributed by atoms with van der Waals surface area (Å²) in [7, 11) is 0. The largest absolute Gasteiger partial charge is 0.489 e. The van der Waals surface area contributed by atoms with Crippen LogP contribution in [-0.4, -0.2) is 67.8 Å². The molecule has 2 aromatic carbocycles. The van der Waals surface area contributed by atoms with Gasteiger partial charge in [-0.05, 0) is 23.3 Å². The molecule has 2 saturated heterocycles. The maximum Gasteiger partial charge on any atom is 0.255 e. The molecule has 164 valence electrons. The minimum atomic E-state index is 0.0283. The van der Waals surface area contributed by atoms with Crippen molar-refractivity contribution in [3.05, 3.63) is 64.7 Å². The Morgan fingerprint density at radius 1 is 1.03 bits per heavy atom. The zero-order valence-electron chi connectivity index (χ0n) is 17.8. The monoisotopic (exact) mass is 422 g/mol. The summed E-state index contributed by atoms with van der Waals surface area (Å²) in [6.45, 7) is 8.24. The number of carbonyl (C=O) groups excluding carboxylic acids is 1. The summed E-state index contributed by atoms with van der Waals surface area (Å²) >= 11 is 0. The molecule has 7 nitrogen and oxygen atoms in total. The Morgan fingerprint density at radius 2 is 1.84 bits per heavy atom. The number of hydrogen-bond donors (Lipinski definition) is 2. The topological polar surface area (TPSA) is 66.1 Å². The third-order valence-corrected chi connectivity index (χ3v) is 6.28. The van der Waals surface area contributed by atoms with Crippen molar-refractivity contribution in [2.75, 3.05) is 45.9 Å². The minimum absolute atomic E-state index is 0.0283. The summed E-state index contributed by atoms with van der Waals surface area (Å²) in [4.78, 5) is 17.2. The summed E-state index contributed by atoms with van der Waals surface area (Å²) < 4.78 is 11.6. The van der Waals surface area contributed by atoms with Gasteiger partial charge in [-0.1, -0.05) is 30.3 Å². The van der Waals surface area contributed by atoms with Crippen LogP contribution >= 0.6 is 0 Å². The van der Waals surface area contributed by atoms with Crippen LogP contribution in [0.15, 0.2) is 42.5 Å². The third kappa shape index (κ3) is 4.60. The number of carbonyl (C=O) groups is 1. The lowest BCUT2D eigenvalue weighted by Crippen LogP contribution is -2.57. The fourth-order valence-electron chi connectivity index (χ4n) is 4.49. The van der Waals surface area contributed by atoms with E-state index < -0.39 is 0 Å². The van der Waals surface area contributed by atoms with E-state index in [1.165, 1.54) is 5.56 Å². The number of nitrogens with one attached hydrogen (secondary N) is 2. The van der Waals surface area contributed by atoms with E-state index in [2.05, 4.69) is 39.8 Å². The van der Waals surface area contributed by atoms with Crippen LogP contribution in [0.2, 0.25) is 0 Å². The molecule has 0 radical (unpaired) electrons. The highest BCUT2D eigenvalue weighted by molar-refractivity contribution is 5.99. The van der Waals surface area contributed by atoms with Crippen molar-refractivity contribution in [3.8, 4) is 5.75 Å². The van der Waals surface area contributed by atoms with Crippen LogP contribution in [0.5, 0.6) is 5.75 Å². The molecule has 2 N–H and O–H groups in total. The number of morpholine rings is 1.